The number of hydrogen-bond acceptors (Lipinski definition) is 16. The molecule has 1 aliphatic carbocycles. The topological polar surface area (TPSA) is 293 Å². The van der Waals surface area contributed by atoms with E-state index in [0.29, 0.717) is 0 Å². The molecule has 0 aromatic heterocycles. The monoisotopic (exact) mass is 594 g/mol. The molecule has 17 heteroatoms. The van der Waals surface area contributed by atoms with Crippen molar-refractivity contribution in [1.29, 1.82) is 0 Å². The lowest BCUT2D eigenvalue weighted by Crippen LogP contribution is -2.69. The molecule has 0 radical (unpaired) electrons. The zero-order valence-corrected chi connectivity index (χ0v) is 23.1. The van der Waals surface area contributed by atoms with Crippen LogP contribution >= 0.6 is 0 Å². The zero-order valence-electron chi connectivity index (χ0n) is 23.1. The minimum absolute atomic E-state index is 0.0155. The molecule has 3 aliphatic heterocycles. The van der Waals surface area contributed by atoms with Crippen molar-refractivity contribution in [2.45, 2.75) is 130 Å². The number of rotatable bonds is 8. The predicted octanol–water partition coefficient (Wildman–Crippen LogP) is -6.42. The van der Waals surface area contributed by atoms with Crippen LogP contribution in [0.5, 0.6) is 0 Å². The fourth-order valence-corrected chi connectivity index (χ4v) is 5.87. The van der Waals surface area contributed by atoms with E-state index in [9.17, 15) is 30.3 Å². The SMILES string of the molecule is CNC1C(O[C@H]2OC(CO)[C@@H](NC(=O)[C@H](C)N)CC2O)O[C@H]2CC(N)[C@@H](O[C@@H]3C(N)C[C@@H](N)C(O)[C@H]3O)OC2C1O. The third-order valence-corrected chi connectivity index (χ3v) is 8.29. The summed E-state index contributed by atoms with van der Waals surface area (Å²) in [6, 6.07) is -4.48. The molecule has 1 amide bonds. The van der Waals surface area contributed by atoms with E-state index in [-0.39, 0.29) is 19.3 Å². The smallest absolute Gasteiger partial charge is 0.236 e. The van der Waals surface area contributed by atoms with Crippen LogP contribution in [0.15, 0.2) is 0 Å². The first-order valence-corrected chi connectivity index (χ1v) is 14.0. The number of ether oxygens (including phenoxy) is 5. The van der Waals surface area contributed by atoms with Crippen LogP contribution in [0.2, 0.25) is 0 Å². The fourth-order valence-electron chi connectivity index (χ4n) is 5.87. The van der Waals surface area contributed by atoms with Gasteiger partial charge in [-0.3, -0.25) is 4.79 Å². The van der Waals surface area contributed by atoms with E-state index < -0.39 is 116 Å². The first-order chi connectivity index (χ1) is 19.4. The summed E-state index contributed by atoms with van der Waals surface area (Å²) in [5.74, 6) is -0.459. The molecule has 3 saturated heterocycles. The van der Waals surface area contributed by atoms with E-state index in [1.165, 1.54) is 6.92 Å². The first kappa shape index (κ1) is 32.8. The van der Waals surface area contributed by atoms with Gasteiger partial charge in [-0.2, -0.15) is 0 Å². The third kappa shape index (κ3) is 7.00. The number of nitrogens with two attached hydrogens (primary N) is 4. The largest absolute Gasteiger partial charge is 0.394 e. The number of hydrogen-bond donors (Lipinski definition) is 11. The molecule has 238 valence electrons. The van der Waals surface area contributed by atoms with Crippen LogP contribution in [0, 0.1) is 0 Å². The van der Waals surface area contributed by atoms with Crippen molar-refractivity contribution in [3.05, 3.63) is 0 Å². The Morgan fingerprint density at radius 2 is 1.61 bits per heavy atom. The van der Waals surface area contributed by atoms with Crippen molar-refractivity contribution in [3.63, 3.8) is 0 Å². The molecular weight excluding hydrogens is 548 g/mol. The minimum atomic E-state index is -1.35. The summed E-state index contributed by atoms with van der Waals surface area (Å²) >= 11 is 0. The Balaban J connectivity index is 1.40. The average Bonchev–Trinajstić information content (AvgIpc) is 2.91. The number of carbonyl (C=O) groups excluding carboxylic acids is 1. The molecule has 1 saturated carbocycles. The maximum absolute atomic E-state index is 12.0. The second kappa shape index (κ2) is 13.7. The van der Waals surface area contributed by atoms with Crippen LogP contribution < -0.4 is 33.6 Å². The summed E-state index contributed by atoms with van der Waals surface area (Å²) in [5, 5.41) is 58.1. The summed E-state index contributed by atoms with van der Waals surface area (Å²) in [5.41, 5.74) is 23.9. The van der Waals surface area contributed by atoms with Gasteiger partial charge in [-0.1, -0.05) is 0 Å². The van der Waals surface area contributed by atoms with Gasteiger partial charge in [0.15, 0.2) is 18.9 Å². The standard InChI is InChI=1S/C24H46N6O11/c1-7(25)21(36)30-11-5-12(32)23(38-14(11)6-31)41-24-15(29-2)17(34)20-13(37-24)4-10(28)22(40-20)39-19-9(27)3-8(26)16(33)18(19)35/h7-20,22-24,29,31-35H,3-6,25-28H2,1-2H3,(H,30,36)/t7-,8+,9?,10?,11-,12?,13-,14?,15?,16?,17?,18+,19+,20?,22-,23+,24?/m0/s1. The Bertz CT molecular complexity index is 876. The molecule has 9 unspecified atom stereocenters. The molecule has 0 bridgehead atoms. The molecule has 17 nitrogen and oxygen atoms in total. The van der Waals surface area contributed by atoms with E-state index in [1.807, 2.05) is 0 Å². The van der Waals surface area contributed by atoms with Gasteiger partial charge in [-0.25, -0.2) is 0 Å². The lowest BCUT2D eigenvalue weighted by molar-refractivity contribution is -0.367. The van der Waals surface area contributed by atoms with Crippen molar-refractivity contribution in [1.82, 2.24) is 10.6 Å². The van der Waals surface area contributed by atoms with E-state index in [4.69, 9.17) is 46.6 Å². The Morgan fingerprint density at radius 1 is 0.902 bits per heavy atom. The number of amides is 1. The molecule has 15 N–H and O–H groups in total. The number of likely N-dealkylation sites (N-methyl/N-ethyl adjacent to an activating group) is 1. The summed E-state index contributed by atoms with van der Waals surface area (Å²) in [7, 11) is 1.58. The van der Waals surface area contributed by atoms with Crippen molar-refractivity contribution in [2.75, 3.05) is 13.7 Å². The van der Waals surface area contributed by atoms with E-state index in [1.54, 1.807) is 7.05 Å². The molecule has 3 heterocycles. The van der Waals surface area contributed by atoms with E-state index in [2.05, 4.69) is 10.6 Å². The number of nitrogens with one attached hydrogen (secondary N) is 2. The Morgan fingerprint density at radius 3 is 2.24 bits per heavy atom. The molecule has 0 aromatic carbocycles. The number of aliphatic hydroxyl groups is 5. The molecule has 4 fully saturated rings. The van der Waals surface area contributed by atoms with Crippen molar-refractivity contribution >= 4 is 5.91 Å². The van der Waals surface area contributed by atoms with Crippen LogP contribution in [0.4, 0.5) is 0 Å². The second-order valence-electron chi connectivity index (χ2n) is 11.4. The van der Waals surface area contributed by atoms with Crippen molar-refractivity contribution in [2.24, 2.45) is 22.9 Å². The van der Waals surface area contributed by atoms with Crippen LogP contribution in [-0.2, 0) is 28.5 Å². The van der Waals surface area contributed by atoms with Crippen LogP contribution in [0.3, 0.4) is 0 Å². The summed E-state index contributed by atoms with van der Waals surface area (Å²) < 4.78 is 29.8. The molecular formula is C24H46N6O11. The third-order valence-electron chi connectivity index (χ3n) is 8.29. The Kier molecular flexibility index (Phi) is 10.9. The van der Waals surface area contributed by atoms with Gasteiger partial charge in [-0.15, -0.1) is 0 Å². The molecule has 17 atom stereocenters. The first-order valence-electron chi connectivity index (χ1n) is 14.0. The van der Waals surface area contributed by atoms with Crippen molar-refractivity contribution in [3.8, 4) is 0 Å². The van der Waals surface area contributed by atoms with Crippen LogP contribution in [0.1, 0.15) is 26.2 Å². The minimum Gasteiger partial charge on any atom is -0.394 e. The highest BCUT2D eigenvalue weighted by Crippen LogP contribution is 2.35. The highest BCUT2D eigenvalue weighted by molar-refractivity contribution is 5.81. The maximum Gasteiger partial charge on any atom is 0.236 e. The molecule has 4 rings (SSSR count). The summed E-state index contributed by atoms with van der Waals surface area (Å²) in [4.78, 5) is 12.0. The van der Waals surface area contributed by atoms with Gasteiger partial charge in [0.1, 0.15) is 36.6 Å². The Labute approximate surface area is 237 Å². The normalized spacial score (nSPS) is 49.6. The molecule has 41 heavy (non-hydrogen) atoms. The van der Waals surface area contributed by atoms with Gasteiger partial charge in [0.25, 0.3) is 0 Å². The Hall–Kier alpha value is -1.13. The van der Waals surface area contributed by atoms with Gasteiger partial charge in [0.2, 0.25) is 5.91 Å². The average molecular weight is 595 g/mol. The van der Waals surface area contributed by atoms with Crippen LogP contribution in [-0.4, -0.2) is 149 Å². The van der Waals surface area contributed by atoms with E-state index in [0.717, 1.165) is 0 Å². The lowest BCUT2D eigenvalue weighted by Gasteiger charge is -2.51. The lowest BCUT2D eigenvalue weighted by atomic mass is 9.84. The summed E-state index contributed by atoms with van der Waals surface area (Å²) in [6.45, 7) is 1.05. The molecule has 0 spiro atoms. The van der Waals surface area contributed by atoms with Gasteiger partial charge >= 0.3 is 0 Å². The predicted molar refractivity (Wildman–Crippen MR) is 139 cm³/mol. The van der Waals surface area contributed by atoms with Crippen LogP contribution in [0.25, 0.3) is 0 Å². The maximum atomic E-state index is 12.0. The molecule has 0 aromatic rings. The molecule has 4 aliphatic rings. The van der Waals surface area contributed by atoms with Gasteiger partial charge in [0.05, 0.1) is 43.0 Å². The van der Waals surface area contributed by atoms with Gasteiger partial charge in [-0.05, 0) is 26.8 Å². The number of carbonyl (C=O) groups is 1. The fraction of sp³-hybridized carbons (Fsp3) is 0.958. The second-order valence-corrected chi connectivity index (χ2v) is 11.4. The summed E-state index contributed by atoms with van der Waals surface area (Å²) in [6.07, 6.45) is -11.6. The van der Waals surface area contributed by atoms with Gasteiger partial charge in [0, 0.05) is 18.5 Å². The number of aliphatic hydroxyl groups excluding tert-OH is 5. The zero-order chi connectivity index (χ0) is 30.2. The number of fused-ring (bicyclic) bond motifs is 1. The quantitative estimate of drug-likeness (QED) is 0.124. The van der Waals surface area contributed by atoms with E-state index >= 15 is 0 Å². The highest BCUT2D eigenvalue weighted by Gasteiger charge is 2.53. The van der Waals surface area contributed by atoms with Gasteiger partial charge < -0.3 is 82.8 Å². The van der Waals surface area contributed by atoms with Crippen molar-refractivity contribution < 1.29 is 54.0 Å². The highest BCUT2D eigenvalue weighted by atomic mass is 16.8.